The Morgan fingerprint density at radius 3 is 2.51 bits per heavy atom. The molecule has 12 heteroatoms. The zero-order chi connectivity index (χ0) is 25.0. The normalized spacial score (nSPS) is 15.0. The first-order valence-corrected chi connectivity index (χ1v) is 13.5. The van der Waals surface area contributed by atoms with Crippen molar-refractivity contribution in [1.82, 2.24) is 9.62 Å². The van der Waals surface area contributed by atoms with Crippen molar-refractivity contribution in [1.29, 1.82) is 0 Å². The van der Waals surface area contributed by atoms with Crippen LogP contribution in [0, 0.1) is 10.1 Å². The third-order valence-electron chi connectivity index (χ3n) is 5.64. The van der Waals surface area contributed by atoms with E-state index in [1.54, 1.807) is 12.1 Å². The lowest BCUT2D eigenvalue weighted by Gasteiger charge is -2.31. The number of thiophene rings is 1. The summed E-state index contributed by atoms with van der Waals surface area (Å²) >= 11 is 7.02. The quantitative estimate of drug-likeness (QED) is 0.324. The number of nitro benzene ring substituents is 1. The van der Waals surface area contributed by atoms with E-state index in [2.05, 4.69) is 10.6 Å². The van der Waals surface area contributed by atoms with Gasteiger partial charge in [-0.3, -0.25) is 14.9 Å². The summed E-state index contributed by atoms with van der Waals surface area (Å²) in [6, 6.07) is 16.2. The number of carbonyl (C=O) groups excluding carboxylic acids is 1. The molecule has 35 heavy (non-hydrogen) atoms. The van der Waals surface area contributed by atoms with Crippen LogP contribution in [0.25, 0.3) is 0 Å². The highest BCUT2D eigenvalue weighted by Gasteiger charge is 2.30. The van der Waals surface area contributed by atoms with E-state index in [0.29, 0.717) is 35.8 Å². The van der Waals surface area contributed by atoms with E-state index < -0.39 is 20.9 Å². The SMILES string of the molecule is O=C(NCc1ccc(S(=O)(=O)N2CCC(Nc3ccc(Cl)cc3)CC2)s1)c1cccc([N+](=O)[O-])c1. The number of anilines is 1. The van der Waals surface area contributed by atoms with Gasteiger partial charge < -0.3 is 10.6 Å². The molecule has 1 saturated heterocycles. The first-order valence-electron chi connectivity index (χ1n) is 10.9. The van der Waals surface area contributed by atoms with E-state index in [1.165, 1.54) is 28.6 Å². The predicted octanol–water partition coefficient (Wildman–Crippen LogP) is 4.50. The Morgan fingerprint density at radius 2 is 1.83 bits per heavy atom. The number of nitrogens with one attached hydrogen (secondary N) is 2. The molecule has 2 N–H and O–H groups in total. The van der Waals surface area contributed by atoms with Crippen LogP contribution in [0.3, 0.4) is 0 Å². The summed E-state index contributed by atoms with van der Waals surface area (Å²) in [7, 11) is -3.63. The molecule has 184 valence electrons. The molecule has 0 bridgehead atoms. The van der Waals surface area contributed by atoms with Gasteiger partial charge in [0.05, 0.1) is 11.5 Å². The topological polar surface area (TPSA) is 122 Å². The molecule has 1 aliphatic rings. The first-order chi connectivity index (χ1) is 16.7. The van der Waals surface area contributed by atoms with Gasteiger partial charge in [-0.1, -0.05) is 17.7 Å². The molecule has 0 atom stereocenters. The minimum absolute atomic E-state index is 0.120. The van der Waals surface area contributed by atoms with Crippen molar-refractivity contribution in [3.63, 3.8) is 0 Å². The van der Waals surface area contributed by atoms with Crippen LogP contribution in [0.1, 0.15) is 28.1 Å². The van der Waals surface area contributed by atoms with E-state index in [0.717, 1.165) is 17.0 Å². The van der Waals surface area contributed by atoms with Crippen LogP contribution in [-0.4, -0.2) is 42.7 Å². The summed E-state index contributed by atoms with van der Waals surface area (Å²) in [5.74, 6) is -0.471. The van der Waals surface area contributed by atoms with Gasteiger partial charge >= 0.3 is 0 Å². The molecule has 1 aliphatic heterocycles. The molecule has 0 saturated carbocycles. The summed E-state index contributed by atoms with van der Waals surface area (Å²) in [6.45, 7) is 0.934. The Labute approximate surface area is 211 Å². The fraction of sp³-hybridized carbons (Fsp3) is 0.261. The number of rotatable bonds is 8. The van der Waals surface area contributed by atoms with E-state index in [-0.39, 0.29) is 28.0 Å². The minimum Gasteiger partial charge on any atom is -0.382 e. The Kier molecular flexibility index (Phi) is 7.70. The third kappa shape index (κ3) is 6.17. The van der Waals surface area contributed by atoms with Gasteiger partial charge in [-0.2, -0.15) is 4.31 Å². The molecule has 0 spiro atoms. The Bertz CT molecular complexity index is 1320. The molecular weight excluding hydrogens is 512 g/mol. The summed E-state index contributed by atoms with van der Waals surface area (Å²) in [4.78, 5) is 23.4. The summed E-state index contributed by atoms with van der Waals surface area (Å²) in [5, 5.41) is 17.7. The summed E-state index contributed by atoms with van der Waals surface area (Å²) in [6.07, 6.45) is 1.36. The first kappa shape index (κ1) is 25.1. The molecule has 1 amide bonds. The second-order valence-corrected chi connectivity index (χ2v) is 11.8. The second kappa shape index (κ2) is 10.7. The third-order valence-corrected chi connectivity index (χ3v) is 9.35. The largest absolute Gasteiger partial charge is 0.382 e. The minimum atomic E-state index is -3.63. The summed E-state index contributed by atoms with van der Waals surface area (Å²) < 4.78 is 27.9. The second-order valence-electron chi connectivity index (χ2n) is 8.04. The smallest absolute Gasteiger partial charge is 0.270 e. The standard InChI is InChI=1S/C23H23ClN4O5S2/c24-17-4-6-18(7-5-17)26-19-10-12-27(13-11-19)35(32,33)22-9-8-21(34-22)15-25-23(29)16-2-1-3-20(14-16)28(30)31/h1-9,14,19,26H,10-13,15H2,(H,25,29). The van der Waals surface area contributed by atoms with Gasteiger partial charge in [0.25, 0.3) is 21.6 Å². The van der Waals surface area contributed by atoms with Gasteiger partial charge in [-0.05, 0) is 55.3 Å². The molecule has 4 rings (SSSR count). The van der Waals surface area contributed by atoms with Crippen LogP contribution in [0.5, 0.6) is 0 Å². The maximum Gasteiger partial charge on any atom is 0.270 e. The molecule has 3 aromatic rings. The van der Waals surface area contributed by atoms with Crippen molar-refractivity contribution in [3.05, 3.63) is 86.2 Å². The van der Waals surface area contributed by atoms with Crippen molar-refractivity contribution in [2.24, 2.45) is 0 Å². The number of sulfonamides is 1. The zero-order valence-electron chi connectivity index (χ0n) is 18.5. The molecule has 9 nitrogen and oxygen atoms in total. The molecule has 0 unspecified atom stereocenters. The van der Waals surface area contributed by atoms with Gasteiger partial charge in [-0.15, -0.1) is 11.3 Å². The zero-order valence-corrected chi connectivity index (χ0v) is 20.9. The van der Waals surface area contributed by atoms with Crippen LogP contribution in [-0.2, 0) is 16.6 Å². The predicted molar refractivity (Wildman–Crippen MR) is 135 cm³/mol. The number of non-ortho nitro benzene ring substituents is 1. The average Bonchev–Trinajstić information content (AvgIpc) is 3.34. The number of hydrogen-bond acceptors (Lipinski definition) is 7. The maximum atomic E-state index is 13.1. The number of benzene rings is 2. The highest BCUT2D eigenvalue weighted by atomic mass is 35.5. The van der Waals surface area contributed by atoms with Crippen molar-refractivity contribution in [3.8, 4) is 0 Å². The highest BCUT2D eigenvalue weighted by molar-refractivity contribution is 7.91. The Balaban J connectivity index is 1.32. The maximum absolute atomic E-state index is 13.1. The molecule has 1 aromatic heterocycles. The molecular formula is C23H23ClN4O5S2. The number of amides is 1. The number of piperidine rings is 1. The van der Waals surface area contributed by atoms with Gasteiger partial charge in [0, 0.05) is 52.4 Å². The van der Waals surface area contributed by atoms with Crippen molar-refractivity contribution in [2.45, 2.75) is 29.6 Å². The lowest BCUT2D eigenvalue weighted by atomic mass is 10.1. The van der Waals surface area contributed by atoms with Crippen LogP contribution in [0.4, 0.5) is 11.4 Å². The highest BCUT2D eigenvalue weighted by Crippen LogP contribution is 2.28. The van der Waals surface area contributed by atoms with Crippen molar-refractivity contribution in [2.75, 3.05) is 18.4 Å². The van der Waals surface area contributed by atoms with E-state index in [1.807, 2.05) is 24.3 Å². The Morgan fingerprint density at radius 1 is 1.11 bits per heavy atom. The number of carbonyl (C=O) groups is 1. The molecule has 0 radical (unpaired) electrons. The van der Waals surface area contributed by atoms with Gasteiger partial charge in [-0.25, -0.2) is 8.42 Å². The lowest BCUT2D eigenvalue weighted by molar-refractivity contribution is -0.384. The lowest BCUT2D eigenvalue weighted by Crippen LogP contribution is -2.42. The van der Waals surface area contributed by atoms with Gasteiger partial charge in [0.15, 0.2) is 0 Å². The van der Waals surface area contributed by atoms with Crippen LogP contribution in [0.15, 0.2) is 64.9 Å². The van der Waals surface area contributed by atoms with Crippen LogP contribution < -0.4 is 10.6 Å². The Hall–Kier alpha value is -2.99. The van der Waals surface area contributed by atoms with Crippen molar-refractivity contribution >= 4 is 50.2 Å². The molecule has 1 fully saturated rings. The fourth-order valence-electron chi connectivity index (χ4n) is 3.77. The van der Waals surface area contributed by atoms with Crippen molar-refractivity contribution < 1.29 is 18.1 Å². The number of hydrogen-bond donors (Lipinski definition) is 2. The van der Waals surface area contributed by atoms with E-state index in [4.69, 9.17) is 11.6 Å². The molecule has 2 heterocycles. The van der Waals surface area contributed by atoms with E-state index >= 15 is 0 Å². The molecule has 2 aromatic carbocycles. The van der Waals surface area contributed by atoms with E-state index in [9.17, 15) is 23.3 Å². The average molecular weight is 535 g/mol. The summed E-state index contributed by atoms with van der Waals surface area (Å²) in [5.41, 5.74) is 0.943. The number of halogens is 1. The molecule has 0 aliphatic carbocycles. The van der Waals surface area contributed by atoms with Gasteiger partial charge in [0.1, 0.15) is 4.21 Å². The van der Waals surface area contributed by atoms with Crippen LogP contribution in [0.2, 0.25) is 5.02 Å². The monoisotopic (exact) mass is 534 g/mol. The number of nitro groups is 1. The van der Waals surface area contributed by atoms with Gasteiger partial charge in [0.2, 0.25) is 0 Å². The number of nitrogens with zero attached hydrogens (tertiary/aromatic N) is 2. The van der Waals surface area contributed by atoms with Crippen LogP contribution >= 0.6 is 22.9 Å². The fourth-order valence-corrected chi connectivity index (χ4v) is 6.82.